The third kappa shape index (κ3) is 12.6. The van der Waals surface area contributed by atoms with Crippen molar-refractivity contribution in [3.63, 3.8) is 0 Å². The van der Waals surface area contributed by atoms with Crippen molar-refractivity contribution in [1.29, 1.82) is 0 Å². The van der Waals surface area contributed by atoms with E-state index in [-0.39, 0.29) is 21.8 Å². The summed E-state index contributed by atoms with van der Waals surface area (Å²) in [6.45, 7) is 1.77. The molecule has 3 unspecified atom stereocenters. The number of benzene rings is 13. The third-order valence-electron chi connectivity index (χ3n) is 19.6. The van der Waals surface area contributed by atoms with Gasteiger partial charge in [0, 0.05) is 50.0 Å². The van der Waals surface area contributed by atoms with E-state index in [0.717, 1.165) is 42.5 Å². The number of hydrogen-bond acceptors (Lipinski definition) is 2. The normalized spacial score (nSPS) is 17.5. The predicted molar refractivity (Wildman–Crippen MR) is 386 cm³/mol. The van der Waals surface area contributed by atoms with Crippen LogP contribution in [0.3, 0.4) is 0 Å². The number of hydrogen-bond donors (Lipinski definition) is 0. The van der Waals surface area contributed by atoms with Gasteiger partial charge in [-0.05, 0) is 209 Å². The fraction of sp³-hybridized carbons (Fsp3) is 0.224. The van der Waals surface area contributed by atoms with Crippen LogP contribution in [0.2, 0.25) is 0 Å². The first kappa shape index (κ1) is 58.4. The van der Waals surface area contributed by atoms with E-state index in [1.54, 1.807) is 4.90 Å². The maximum Gasteiger partial charge on any atom is 0.174 e. The van der Waals surface area contributed by atoms with E-state index in [0.29, 0.717) is 16.8 Å². The van der Waals surface area contributed by atoms with E-state index in [4.69, 9.17) is 9.47 Å². The molecule has 4 aliphatic rings. The minimum Gasteiger partial charge on any atom is -0.493 e. The second-order valence-electron chi connectivity index (χ2n) is 25.3. The summed E-state index contributed by atoms with van der Waals surface area (Å²) >= 11 is 0. The molecule has 17 rings (SSSR count). The van der Waals surface area contributed by atoms with Gasteiger partial charge in [0.25, 0.3) is 0 Å². The Labute approximate surface area is 540 Å². The molecule has 5 heteroatoms. The Morgan fingerprint density at radius 3 is 1.33 bits per heavy atom. The van der Waals surface area contributed by atoms with Gasteiger partial charge in [0.1, 0.15) is 33.9 Å². The van der Waals surface area contributed by atoms with Crippen LogP contribution in [0.4, 0.5) is 0 Å². The fourth-order valence-corrected chi connectivity index (χ4v) is 22.2. The van der Waals surface area contributed by atoms with Crippen LogP contribution in [0.15, 0.2) is 307 Å². The Morgan fingerprint density at radius 1 is 0.333 bits per heavy atom. The fourth-order valence-electron chi connectivity index (χ4n) is 15.0. The standard InChI is InChI=1S/C33H31OS.C30H21S.C22H27OS/c1-2-8-25(9-3-1)24-34-30-16-20-31(21-17-30)35(32-18-14-26-10-4-6-12-28(26)22-32)33-19-15-27-11-5-7-13-29(27)23-33;1-4-16-25-22(10-1)13-7-19-28(25)31(29-20-8-14-23-11-2-5-17-26(23)29)30-21-9-15-24-12-3-6-18-27(24)30;1-2-6-20-19(5-1)21(9-10-22(20)24-11-3-4-12-24)23-15-18-14-16-7-8-17(18)13-16/h4-7,10-23,25H,1-3,8-9,24H2;1-21H;1-2,5-6,9-10,16-18H,3-4,7-8,11-15H2/q3*+1. The lowest BCUT2D eigenvalue weighted by Crippen LogP contribution is -2.18. The highest BCUT2D eigenvalue weighted by atomic mass is 32.2. The van der Waals surface area contributed by atoms with Gasteiger partial charge in [0.15, 0.2) is 34.3 Å². The van der Waals surface area contributed by atoms with Gasteiger partial charge in [-0.3, -0.25) is 0 Å². The first-order valence-electron chi connectivity index (χ1n) is 33.1. The summed E-state index contributed by atoms with van der Waals surface area (Å²) in [7, 11) is 0.0266. The van der Waals surface area contributed by atoms with Crippen molar-refractivity contribution >= 4 is 97.3 Å². The highest BCUT2D eigenvalue weighted by Crippen LogP contribution is 2.49. The lowest BCUT2D eigenvalue weighted by Gasteiger charge is -2.22. The highest BCUT2D eigenvalue weighted by molar-refractivity contribution is 7.98. The second-order valence-corrected chi connectivity index (χ2v) is 31.5. The van der Waals surface area contributed by atoms with Crippen molar-refractivity contribution in [1.82, 2.24) is 0 Å². The summed E-state index contributed by atoms with van der Waals surface area (Å²) in [5, 5.41) is 15.8. The quantitative estimate of drug-likeness (QED) is 0.107. The van der Waals surface area contributed by atoms with E-state index >= 15 is 0 Å². The summed E-state index contributed by atoms with van der Waals surface area (Å²) in [4.78, 5) is 9.73. The average molecular weight is 1230 g/mol. The van der Waals surface area contributed by atoms with E-state index < -0.39 is 0 Å². The highest BCUT2D eigenvalue weighted by Gasteiger charge is 2.40. The molecular formula is C85H79O2S3+3. The zero-order valence-corrected chi connectivity index (χ0v) is 53.9. The Hall–Kier alpha value is -7.93. The van der Waals surface area contributed by atoms with Crippen molar-refractivity contribution in [2.75, 3.05) is 24.7 Å². The topological polar surface area (TPSA) is 18.5 Å². The van der Waals surface area contributed by atoms with Gasteiger partial charge >= 0.3 is 0 Å². The van der Waals surface area contributed by atoms with Crippen molar-refractivity contribution < 1.29 is 9.47 Å². The minimum atomic E-state index is -0.238. The van der Waals surface area contributed by atoms with E-state index in [1.807, 2.05) is 0 Å². The molecule has 4 fully saturated rings. The predicted octanol–water partition coefficient (Wildman–Crippen LogP) is 22.7. The molecule has 13 aromatic rings. The molecule has 90 heavy (non-hydrogen) atoms. The Morgan fingerprint density at radius 2 is 0.811 bits per heavy atom. The Bertz CT molecular complexity index is 4340. The Balaban J connectivity index is 0.000000115. The molecule has 3 atom stereocenters. The van der Waals surface area contributed by atoms with Gasteiger partial charge in [0.05, 0.1) is 24.1 Å². The SMILES string of the molecule is c1ccc2c([S+](c3cccc4ccccc34)c3cccc4ccccc34)cccc2c1.c1ccc2c([S+]3CCCC3)ccc(OCC3CC4CCC3C4)c2c1.c1ccc2cc([S+](c3ccc(OCC4CCCCC4)cc3)c3ccc4ccccc4c3)ccc2c1. The van der Waals surface area contributed by atoms with Crippen LogP contribution in [0.5, 0.6) is 11.5 Å². The van der Waals surface area contributed by atoms with Crippen LogP contribution in [-0.2, 0) is 32.7 Å². The van der Waals surface area contributed by atoms with Gasteiger partial charge < -0.3 is 9.47 Å². The van der Waals surface area contributed by atoms with Crippen LogP contribution < -0.4 is 9.47 Å². The molecule has 3 saturated carbocycles. The smallest absolute Gasteiger partial charge is 0.174 e. The van der Waals surface area contributed by atoms with Gasteiger partial charge in [0.2, 0.25) is 0 Å². The van der Waals surface area contributed by atoms with E-state index in [1.165, 1.54) is 176 Å². The van der Waals surface area contributed by atoms with Crippen LogP contribution >= 0.6 is 0 Å². The number of fused-ring (bicyclic) bond motifs is 8. The Kier molecular flexibility index (Phi) is 17.7. The summed E-state index contributed by atoms with van der Waals surface area (Å²) < 4.78 is 12.6. The van der Waals surface area contributed by atoms with Gasteiger partial charge in [-0.15, -0.1) is 0 Å². The lowest BCUT2D eigenvalue weighted by atomic mass is 9.89. The maximum absolute atomic E-state index is 6.38. The number of ether oxygens (including phenoxy) is 2. The molecule has 1 aliphatic heterocycles. The van der Waals surface area contributed by atoms with Crippen molar-refractivity contribution in [3.05, 3.63) is 273 Å². The third-order valence-corrected chi connectivity index (χ3v) is 26.7. The largest absolute Gasteiger partial charge is 0.493 e. The molecule has 1 heterocycles. The van der Waals surface area contributed by atoms with Crippen LogP contribution in [0.25, 0.3) is 64.6 Å². The minimum absolute atomic E-state index is 0.199. The van der Waals surface area contributed by atoms with Crippen LogP contribution in [0, 0.1) is 23.7 Å². The molecular weight excluding hydrogens is 1150 g/mol. The summed E-state index contributed by atoms with van der Waals surface area (Å²) in [6.07, 6.45) is 15.3. The lowest BCUT2D eigenvalue weighted by molar-refractivity contribution is 0.197. The van der Waals surface area contributed by atoms with Crippen molar-refractivity contribution in [2.24, 2.45) is 23.7 Å². The van der Waals surface area contributed by atoms with Gasteiger partial charge in [-0.1, -0.05) is 183 Å². The first-order chi connectivity index (χ1) is 44.6. The molecule has 446 valence electrons. The van der Waals surface area contributed by atoms with Crippen LogP contribution in [0.1, 0.15) is 70.6 Å². The van der Waals surface area contributed by atoms with E-state index in [2.05, 4.69) is 273 Å². The molecule has 3 aliphatic carbocycles. The summed E-state index contributed by atoms with van der Waals surface area (Å²) in [6, 6.07) is 100.0. The molecule has 0 aromatic heterocycles. The average Bonchev–Trinajstić information content (AvgIpc) is 1.55. The summed E-state index contributed by atoms with van der Waals surface area (Å²) in [5.41, 5.74) is 0. The molecule has 2 bridgehead atoms. The molecule has 0 amide bonds. The molecule has 1 saturated heterocycles. The summed E-state index contributed by atoms with van der Waals surface area (Å²) in [5.74, 6) is 8.34. The maximum atomic E-state index is 6.38. The first-order valence-corrected chi connectivity index (χ1v) is 37.1. The molecule has 0 spiro atoms. The van der Waals surface area contributed by atoms with Crippen molar-refractivity contribution in [3.8, 4) is 11.5 Å². The number of rotatable bonds is 13. The molecule has 13 aromatic carbocycles. The van der Waals surface area contributed by atoms with E-state index in [9.17, 15) is 0 Å². The molecule has 2 nitrogen and oxygen atoms in total. The monoisotopic (exact) mass is 1230 g/mol. The molecule has 0 radical (unpaired) electrons. The zero-order valence-electron chi connectivity index (χ0n) is 51.4. The van der Waals surface area contributed by atoms with Crippen LogP contribution in [-0.4, -0.2) is 24.7 Å². The zero-order chi connectivity index (χ0) is 60.0. The van der Waals surface area contributed by atoms with Gasteiger partial charge in [-0.2, -0.15) is 0 Å². The second kappa shape index (κ2) is 27.3. The molecule has 0 N–H and O–H groups in total. The van der Waals surface area contributed by atoms with Crippen molar-refractivity contribution in [2.45, 2.75) is 105 Å². The van der Waals surface area contributed by atoms with Gasteiger partial charge in [-0.25, -0.2) is 0 Å².